The Morgan fingerprint density at radius 3 is 2.31 bits per heavy atom. The van der Waals surface area contributed by atoms with Crippen LogP contribution in [0.3, 0.4) is 0 Å². The Kier molecular flexibility index (Phi) is 5.06. The average Bonchev–Trinajstić information content (AvgIpc) is 2.72. The van der Waals surface area contributed by atoms with E-state index in [1.807, 2.05) is 9.80 Å². The minimum Gasteiger partial charge on any atom is -0.494 e. The number of ether oxygens (including phenoxy) is 1. The molecule has 0 spiro atoms. The first-order valence-corrected chi connectivity index (χ1v) is 11.0. The number of aromatic nitrogens is 1. The number of alkyl halides is 3. The van der Waals surface area contributed by atoms with Gasteiger partial charge >= 0.3 is 6.18 Å². The summed E-state index contributed by atoms with van der Waals surface area (Å²) in [4.78, 5) is 21.2. The number of amides is 1. The van der Waals surface area contributed by atoms with Gasteiger partial charge < -0.3 is 14.5 Å². The van der Waals surface area contributed by atoms with Crippen LogP contribution in [-0.2, 0) is 11.0 Å². The molecule has 0 atom stereocenters. The lowest BCUT2D eigenvalue weighted by molar-refractivity contribution is -0.177. The number of piperidine rings is 1. The van der Waals surface area contributed by atoms with Gasteiger partial charge in [-0.2, -0.15) is 13.2 Å². The van der Waals surface area contributed by atoms with Crippen LogP contribution in [-0.4, -0.2) is 42.0 Å². The number of rotatable bonds is 5. The molecule has 1 aromatic heterocycles. The number of halogens is 3. The molecule has 3 aliphatic carbocycles. The molecule has 170 valence electrons. The van der Waals surface area contributed by atoms with Crippen molar-refractivity contribution >= 4 is 17.3 Å². The van der Waals surface area contributed by atoms with Crippen LogP contribution in [0, 0.1) is 11.3 Å². The van der Waals surface area contributed by atoms with Crippen molar-refractivity contribution in [3.63, 3.8) is 0 Å². The monoisotopic (exact) mass is 445 g/mol. The predicted octanol–water partition coefficient (Wildman–Crippen LogP) is 5.04. The topological polar surface area (TPSA) is 45.7 Å². The molecule has 4 aliphatic rings. The number of methoxy groups -OCH3 is 1. The van der Waals surface area contributed by atoms with Crippen molar-refractivity contribution in [3.8, 4) is 5.75 Å². The molecule has 3 saturated carbocycles. The molecule has 6 rings (SSSR count). The molecule has 4 fully saturated rings. The number of anilines is 2. The molecule has 0 radical (unpaired) electrons. The average molecular weight is 445 g/mol. The third kappa shape index (κ3) is 3.49. The summed E-state index contributed by atoms with van der Waals surface area (Å²) >= 11 is 0. The first-order valence-electron chi connectivity index (χ1n) is 11.0. The zero-order chi connectivity index (χ0) is 22.5. The van der Waals surface area contributed by atoms with Crippen LogP contribution in [0.1, 0.15) is 37.7 Å². The van der Waals surface area contributed by atoms with E-state index < -0.39 is 11.7 Å². The molecule has 1 amide bonds. The molecule has 1 aliphatic heterocycles. The van der Waals surface area contributed by atoms with Gasteiger partial charge in [-0.05, 0) is 62.3 Å². The van der Waals surface area contributed by atoms with Gasteiger partial charge in [-0.15, -0.1) is 0 Å². The number of benzene rings is 1. The van der Waals surface area contributed by atoms with Crippen LogP contribution in [0.4, 0.5) is 24.5 Å². The fourth-order valence-electron chi connectivity index (χ4n) is 5.49. The van der Waals surface area contributed by atoms with E-state index in [0.717, 1.165) is 50.2 Å². The maximum atomic E-state index is 13.1. The summed E-state index contributed by atoms with van der Waals surface area (Å²) in [5.74, 6) is 1.65. The van der Waals surface area contributed by atoms with Gasteiger partial charge in [-0.3, -0.25) is 9.78 Å². The molecule has 8 heteroatoms. The third-order valence-electron chi connectivity index (χ3n) is 7.32. The molecular formula is C24H26F3N3O2. The van der Waals surface area contributed by atoms with Crippen molar-refractivity contribution in [1.82, 2.24) is 9.88 Å². The summed E-state index contributed by atoms with van der Waals surface area (Å²) in [5, 5.41) is 0. The number of carbonyl (C=O) groups is 1. The van der Waals surface area contributed by atoms with E-state index in [0.29, 0.717) is 36.1 Å². The van der Waals surface area contributed by atoms with Crippen LogP contribution >= 0.6 is 0 Å². The van der Waals surface area contributed by atoms with Crippen LogP contribution in [0.5, 0.6) is 5.75 Å². The van der Waals surface area contributed by atoms with Crippen LogP contribution < -0.4 is 9.64 Å². The molecule has 5 nitrogen and oxygen atoms in total. The van der Waals surface area contributed by atoms with Crippen molar-refractivity contribution in [1.29, 1.82) is 0 Å². The number of carbonyl (C=O) groups excluding carboxylic acids is 1. The lowest BCUT2D eigenvalue weighted by Gasteiger charge is -2.61. The van der Waals surface area contributed by atoms with Gasteiger partial charge in [0.2, 0.25) is 5.91 Å². The normalized spacial score (nSPS) is 25.0. The number of likely N-dealkylation sites (tertiary alicyclic amines) is 1. The van der Waals surface area contributed by atoms with Gasteiger partial charge in [-0.25, -0.2) is 0 Å². The van der Waals surface area contributed by atoms with Crippen LogP contribution in [0.25, 0.3) is 0 Å². The lowest BCUT2D eigenvalue weighted by atomic mass is 9.44. The molecule has 1 saturated heterocycles. The fourth-order valence-corrected chi connectivity index (χ4v) is 5.49. The lowest BCUT2D eigenvalue weighted by Crippen LogP contribution is -2.62. The van der Waals surface area contributed by atoms with E-state index in [1.54, 1.807) is 25.6 Å². The maximum absolute atomic E-state index is 13.1. The van der Waals surface area contributed by atoms with Gasteiger partial charge in [0.25, 0.3) is 0 Å². The van der Waals surface area contributed by atoms with Crippen molar-refractivity contribution in [2.24, 2.45) is 11.3 Å². The number of hydrogen-bond donors (Lipinski definition) is 0. The van der Waals surface area contributed by atoms with Gasteiger partial charge in [0.15, 0.2) is 0 Å². The number of pyridine rings is 1. The molecule has 1 aromatic carbocycles. The van der Waals surface area contributed by atoms with Crippen molar-refractivity contribution < 1.29 is 22.7 Å². The molecule has 0 N–H and O–H groups in total. The van der Waals surface area contributed by atoms with Gasteiger partial charge in [0.1, 0.15) is 11.4 Å². The van der Waals surface area contributed by atoms with E-state index in [-0.39, 0.29) is 11.5 Å². The zero-order valence-corrected chi connectivity index (χ0v) is 17.9. The molecule has 32 heavy (non-hydrogen) atoms. The first-order chi connectivity index (χ1) is 15.3. The molecule has 2 heterocycles. The van der Waals surface area contributed by atoms with Crippen molar-refractivity contribution in [2.45, 2.75) is 44.3 Å². The van der Waals surface area contributed by atoms with Crippen molar-refractivity contribution in [2.75, 3.05) is 25.1 Å². The smallest absolute Gasteiger partial charge is 0.416 e. The maximum Gasteiger partial charge on any atom is 0.416 e. The Hall–Kier alpha value is -2.77. The highest BCUT2D eigenvalue weighted by Crippen LogP contribution is 2.65. The third-order valence-corrected chi connectivity index (χ3v) is 7.32. The first kappa shape index (κ1) is 21.1. The van der Waals surface area contributed by atoms with Gasteiger partial charge in [-0.1, -0.05) is 0 Å². The molecule has 2 aromatic rings. The highest BCUT2D eigenvalue weighted by atomic mass is 19.4. The fraction of sp³-hybridized carbons (Fsp3) is 0.500. The zero-order valence-electron chi connectivity index (χ0n) is 17.9. The van der Waals surface area contributed by atoms with E-state index in [4.69, 9.17) is 4.74 Å². The summed E-state index contributed by atoms with van der Waals surface area (Å²) in [5.41, 5.74) is 0.586. The molecule has 0 unspecified atom stereocenters. The van der Waals surface area contributed by atoms with Crippen LogP contribution in [0.2, 0.25) is 0 Å². The number of hydrogen-bond acceptors (Lipinski definition) is 4. The quantitative estimate of drug-likeness (QED) is 0.647. The number of nitrogens with zero attached hydrogens (tertiary/aromatic N) is 3. The molecular weight excluding hydrogens is 419 g/mol. The Morgan fingerprint density at radius 2 is 1.78 bits per heavy atom. The largest absolute Gasteiger partial charge is 0.494 e. The summed E-state index contributed by atoms with van der Waals surface area (Å²) in [7, 11) is 1.56. The molecule has 2 bridgehead atoms. The highest BCUT2D eigenvalue weighted by Gasteiger charge is 2.62. The second kappa shape index (κ2) is 7.67. The summed E-state index contributed by atoms with van der Waals surface area (Å²) < 4.78 is 44.8. The Morgan fingerprint density at radius 1 is 1.12 bits per heavy atom. The van der Waals surface area contributed by atoms with E-state index >= 15 is 0 Å². The second-order valence-electron chi connectivity index (χ2n) is 9.24. The van der Waals surface area contributed by atoms with E-state index in [2.05, 4.69) is 4.98 Å². The van der Waals surface area contributed by atoms with Crippen molar-refractivity contribution in [3.05, 3.63) is 48.3 Å². The standard InChI is InChI=1S/C24H26F3N3O2/c1-32-21-6-9-28-15-20(21)30(18-4-2-17(3-5-18)24(25,26)27)19-7-10-29(11-8-19)22(31)23-12-16(13-23)14-23/h2-6,9,15-16,19H,7-8,10-14H2,1H3. The predicted molar refractivity (Wildman–Crippen MR) is 114 cm³/mol. The Bertz CT molecular complexity index is 983. The summed E-state index contributed by atoms with van der Waals surface area (Å²) in [6, 6.07) is 6.96. The Balaban J connectivity index is 1.40. The SMILES string of the molecule is COc1ccncc1N(c1ccc(C(F)(F)F)cc1)C1CCN(C(=O)C23CC(C2)C3)CC1. The Labute approximate surface area is 185 Å². The minimum absolute atomic E-state index is 0.0157. The van der Waals surface area contributed by atoms with E-state index in [1.165, 1.54) is 12.1 Å². The minimum atomic E-state index is -4.39. The van der Waals surface area contributed by atoms with Gasteiger partial charge in [0.05, 0.1) is 24.3 Å². The summed E-state index contributed by atoms with van der Waals surface area (Å²) in [6.07, 6.45) is 3.48. The van der Waals surface area contributed by atoms with E-state index in [9.17, 15) is 18.0 Å². The van der Waals surface area contributed by atoms with Gasteiger partial charge in [0, 0.05) is 37.1 Å². The van der Waals surface area contributed by atoms with Crippen LogP contribution in [0.15, 0.2) is 42.7 Å². The highest BCUT2D eigenvalue weighted by molar-refractivity contribution is 5.86. The summed E-state index contributed by atoms with van der Waals surface area (Å²) in [6.45, 7) is 1.30. The second-order valence-corrected chi connectivity index (χ2v) is 9.24.